The Hall–Kier alpha value is -1.96. The van der Waals surface area contributed by atoms with Crippen molar-refractivity contribution in [3.63, 3.8) is 0 Å². The van der Waals surface area contributed by atoms with E-state index in [2.05, 4.69) is 31.2 Å². The summed E-state index contributed by atoms with van der Waals surface area (Å²) in [5, 5.41) is 0. The highest BCUT2D eigenvalue weighted by Gasteiger charge is 2.30. The van der Waals surface area contributed by atoms with Gasteiger partial charge in [-0.1, -0.05) is 55.3 Å². The van der Waals surface area contributed by atoms with Crippen LogP contribution in [-0.4, -0.2) is 0 Å². The van der Waals surface area contributed by atoms with E-state index in [9.17, 15) is 8.78 Å². The smallest absolute Gasteiger partial charge is 0.166 e. The van der Waals surface area contributed by atoms with Gasteiger partial charge in [-0.25, -0.2) is 8.78 Å². The molecule has 2 aromatic rings. The normalized spacial score (nSPS) is 24.6. The number of halogens is 2. The van der Waals surface area contributed by atoms with Gasteiger partial charge in [-0.2, -0.15) is 0 Å². The first-order valence-corrected chi connectivity index (χ1v) is 11.3. The van der Waals surface area contributed by atoms with Gasteiger partial charge in [0.25, 0.3) is 0 Å². The predicted molar refractivity (Wildman–Crippen MR) is 117 cm³/mol. The largest absolute Gasteiger partial charge is 0.204 e. The fraction of sp³-hybridized carbons (Fsp3) is 0.481. The summed E-state index contributed by atoms with van der Waals surface area (Å²) < 4.78 is 27.8. The number of benzene rings is 2. The highest BCUT2D eigenvalue weighted by molar-refractivity contribution is 5.66. The van der Waals surface area contributed by atoms with Gasteiger partial charge in [0, 0.05) is 5.56 Å². The molecular formula is C27H32F2. The maximum absolute atomic E-state index is 14.2. The van der Waals surface area contributed by atoms with Gasteiger partial charge in [0.1, 0.15) is 0 Å². The molecule has 0 radical (unpaired) electrons. The molecule has 2 aliphatic rings. The molecule has 154 valence electrons. The SMILES string of the molecule is C/C=C/CCC1CCC(C2CCc3cc(-c4cccc(F)c4F)ccc3C2)CC1. The van der Waals surface area contributed by atoms with Gasteiger partial charge in [0.05, 0.1) is 0 Å². The van der Waals surface area contributed by atoms with Crippen LogP contribution < -0.4 is 0 Å². The Bertz CT molecular complexity index is 859. The fourth-order valence-corrected chi connectivity index (χ4v) is 5.53. The average molecular weight is 395 g/mol. The average Bonchev–Trinajstić information content (AvgIpc) is 2.76. The summed E-state index contributed by atoms with van der Waals surface area (Å²) in [6, 6.07) is 10.6. The lowest BCUT2D eigenvalue weighted by molar-refractivity contribution is 0.185. The van der Waals surface area contributed by atoms with Crippen LogP contribution in [-0.2, 0) is 12.8 Å². The Balaban J connectivity index is 1.39. The number of fused-ring (bicyclic) bond motifs is 1. The highest BCUT2D eigenvalue weighted by Crippen LogP contribution is 2.41. The molecule has 0 amide bonds. The van der Waals surface area contributed by atoms with Crippen molar-refractivity contribution in [2.75, 3.05) is 0 Å². The maximum Gasteiger partial charge on any atom is 0.166 e. The van der Waals surface area contributed by atoms with E-state index in [1.165, 1.54) is 62.1 Å². The molecule has 1 saturated carbocycles. The minimum atomic E-state index is -0.776. The zero-order valence-corrected chi connectivity index (χ0v) is 17.5. The molecule has 0 bridgehead atoms. The zero-order valence-electron chi connectivity index (χ0n) is 17.5. The van der Waals surface area contributed by atoms with Crippen molar-refractivity contribution in [1.29, 1.82) is 0 Å². The van der Waals surface area contributed by atoms with E-state index < -0.39 is 11.6 Å². The van der Waals surface area contributed by atoms with Crippen molar-refractivity contribution in [1.82, 2.24) is 0 Å². The Kier molecular flexibility index (Phi) is 6.47. The molecular weight excluding hydrogens is 362 g/mol. The molecule has 0 aliphatic heterocycles. The summed E-state index contributed by atoms with van der Waals surface area (Å²) in [6.45, 7) is 2.11. The third kappa shape index (κ3) is 4.63. The molecule has 0 saturated heterocycles. The molecule has 2 aromatic carbocycles. The van der Waals surface area contributed by atoms with E-state index in [-0.39, 0.29) is 0 Å². The van der Waals surface area contributed by atoms with Gasteiger partial charge >= 0.3 is 0 Å². The van der Waals surface area contributed by atoms with Gasteiger partial charge in [0.15, 0.2) is 11.6 Å². The first-order valence-electron chi connectivity index (χ1n) is 11.3. The molecule has 0 N–H and O–H groups in total. The minimum absolute atomic E-state index is 0.367. The van der Waals surface area contributed by atoms with Crippen molar-refractivity contribution >= 4 is 0 Å². The second-order valence-electron chi connectivity index (χ2n) is 9.01. The van der Waals surface area contributed by atoms with Crippen LogP contribution >= 0.6 is 0 Å². The molecule has 0 spiro atoms. The first kappa shape index (κ1) is 20.3. The molecule has 1 fully saturated rings. The van der Waals surface area contributed by atoms with E-state index in [1.807, 2.05) is 6.07 Å². The predicted octanol–water partition coefficient (Wildman–Crippen LogP) is 7.90. The standard InChI is InChI=1S/C27H32F2/c1-2-3-4-6-19-9-11-20(12-10-19)21-13-14-23-18-24(16-15-22(23)17-21)25-7-5-8-26(28)27(25)29/h2-3,5,7-8,15-16,18-21H,4,6,9-14,17H2,1H3/b3-2+. The van der Waals surface area contributed by atoms with Gasteiger partial charge in [0.2, 0.25) is 0 Å². The van der Waals surface area contributed by atoms with E-state index >= 15 is 0 Å². The summed E-state index contributed by atoms with van der Waals surface area (Å²) >= 11 is 0. The van der Waals surface area contributed by atoms with Gasteiger partial charge in [-0.3, -0.25) is 0 Å². The minimum Gasteiger partial charge on any atom is -0.204 e. The second-order valence-corrected chi connectivity index (χ2v) is 9.01. The lowest BCUT2D eigenvalue weighted by atomic mass is 9.69. The maximum atomic E-state index is 14.2. The van der Waals surface area contributed by atoms with E-state index in [4.69, 9.17) is 0 Å². The second kappa shape index (κ2) is 9.24. The molecule has 0 aromatic heterocycles. The van der Waals surface area contributed by atoms with Gasteiger partial charge in [-0.15, -0.1) is 0 Å². The molecule has 1 atom stereocenters. The van der Waals surface area contributed by atoms with Crippen LogP contribution in [0, 0.1) is 29.4 Å². The van der Waals surface area contributed by atoms with Crippen molar-refractivity contribution < 1.29 is 8.78 Å². The summed E-state index contributed by atoms with van der Waals surface area (Å²) in [4.78, 5) is 0. The third-order valence-corrected chi connectivity index (χ3v) is 7.27. The zero-order chi connectivity index (χ0) is 20.2. The van der Waals surface area contributed by atoms with Crippen LogP contribution in [0.2, 0.25) is 0 Å². The lowest BCUT2D eigenvalue weighted by Crippen LogP contribution is -2.26. The summed E-state index contributed by atoms with van der Waals surface area (Å²) in [7, 11) is 0. The van der Waals surface area contributed by atoms with Crippen molar-refractivity contribution in [2.24, 2.45) is 17.8 Å². The van der Waals surface area contributed by atoms with Crippen LogP contribution in [0.25, 0.3) is 11.1 Å². The Labute approximate surface area is 174 Å². The van der Waals surface area contributed by atoms with Crippen LogP contribution in [0.15, 0.2) is 48.6 Å². The molecule has 29 heavy (non-hydrogen) atoms. The Morgan fingerprint density at radius 2 is 1.76 bits per heavy atom. The molecule has 1 unspecified atom stereocenters. The van der Waals surface area contributed by atoms with Crippen molar-refractivity contribution in [2.45, 2.75) is 64.7 Å². The monoisotopic (exact) mass is 394 g/mol. The topological polar surface area (TPSA) is 0 Å². The fourth-order valence-electron chi connectivity index (χ4n) is 5.53. The van der Waals surface area contributed by atoms with Crippen LogP contribution in [0.5, 0.6) is 0 Å². The summed E-state index contributed by atoms with van der Waals surface area (Å²) in [5.74, 6) is 1.05. The Morgan fingerprint density at radius 1 is 0.931 bits per heavy atom. The molecule has 0 heterocycles. The van der Waals surface area contributed by atoms with Gasteiger partial charge in [-0.05, 0) is 92.4 Å². The first-order chi connectivity index (χ1) is 14.2. The quantitative estimate of drug-likeness (QED) is 0.452. The molecule has 2 heteroatoms. The molecule has 4 rings (SSSR count). The number of aryl methyl sites for hydroxylation is 1. The summed E-state index contributed by atoms with van der Waals surface area (Å²) in [6.07, 6.45) is 16.0. The van der Waals surface area contributed by atoms with Gasteiger partial charge < -0.3 is 0 Å². The van der Waals surface area contributed by atoms with Crippen LogP contribution in [0.1, 0.15) is 63.0 Å². The van der Waals surface area contributed by atoms with Crippen LogP contribution in [0.4, 0.5) is 8.78 Å². The Morgan fingerprint density at radius 3 is 2.55 bits per heavy atom. The third-order valence-electron chi connectivity index (χ3n) is 7.27. The number of hydrogen-bond donors (Lipinski definition) is 0. The highest BCUT2D eigenvalue weighted by atomic mass is 19.2. The summed E-state index contributed by atoms with van der Waals surface area (Å²) in [5.41, 5.74) is 3.89. The number of hydrogen-bond acceptors (Lipinski definition) is 0. The van der Waals surface area contributed by atoms with E-state index in [0.717, 1.165) is 36.2 Å². The van der Waals surface area contributed by atoms with Crippen molar-refractivity contribution in [3.05, 3.63) is 71.3 Å². The molecule has 0 nitrogen and oxygen atoms in total. The lowest BCUT2D eigenvalue weighted by Gasteiger charge is -2.36. The van der Waals surface area contributed by atoms with E-state index in [0.29, 0.717) is 5.56 Å². The number of allylic oxidation sites excluding steroid dienone is 2. The van der Waals surface area contributed by atoms with Crippen molar-refractivity contribution in [3.8, 4) is 11.1 Å². The molecule has 2 aliphatic carbocycles. The van der Waals surface area contributed by atoms with Crippen LogP contribution in [0.3, 0.4) is 0 Å². The number of rotatable bonds is 5. The van der Waals surface area contributed by atoms with E-state index in [1.54, 1.807) is 12.1 Å².